The van der Waals surface area contributed by atoms with E-state index < -0.39 is 6.04 Å². The van der Waals surface area contributed by atoms with Gasteiger partial charge in [0, 0.05) is 18.5 Å². The highest BCUT2D eigenvalue weighted by molar-refractivity contribution is 6.06. The van der Waals surface area contributed by atoms with Gasteiger partial charge in [-0.05, 0) is 43.2 Å². The van der Waals surface area contributed by atoms with Crippen LogP contribution >= 0.6 is 0 Å². The summed E-state index contributed by atoms with van der Waals surface area (Å²) in [5, 5.41) is 2.16. The average molecular weight is 416 g/mol. The first-order chi connectivity index (χ1) is 15.0. The van der Waals surface area contributed by atoms with Gasteiger partial charge < -0.3 is 14.2 Å². The zero-order valence-electron chi connectivity index (χ0n) is 17.3. The van der Waals surface area contributed by atoms with Crippen molar-refractivity contribution in [3.63, 3.8) is 0 Å². The summed E-state index contributed by atoms with van der Waals surface area (Å²) in [5.41, 5.74) is 1.19. The second-order valence-electron chi connectivity index (χ2n) is 8.09. The minimum atomic E-state index is -0.616. The van der Waals surface area contributed by atoms with Crippen LogP contribution in [0.3, 0.4) is 0 Å². The summed E-state index contributed by atoms with van der Waals surface area (Å²) in [7, 11) is 3.84. The molecule has 1 aliphatic rings. The van der Waals surface area contributed by atoms with Gasteiger partial charge in [0.25, 0.3) is 5.91 Å². The molecule has 0 bridgehead atoms. The van der Waals surface area contributed by atoms with Gasteiger partial charge in [0.2, 0.25) is 5.76 Å². The Labute approximate surface area is 178 Å². The number of amides is 1. The van der Waals surface area contributed by atoms with E-state index >= 15 is 0 Å². The molecule has 0 N–H and O–H groups in total. The van der Waals surface area contributed by atoms with E-state index in [0.717, 1.165) is 10.8 Å². The van der Waals surface area contributed by atoms with Crippen molar-refractivity contribution in [1.29, 1.82) is 0 Å². The number of likely N-dealkylation sites (N-methyl/N-ethyl adjacent to an activating group) is 1. The van der Waals surface area contributed by atoms with Gasteiger partial charge in [0.15, 0.2) is 5.43 Å². The Balaban J connectivity index is 1.77. The van der Waals surface area contributed by atoms with Crippen LogP contribution in [0.4, 0.5) is 4.39 Å². The molecule has 1 amide bonds. The molecule has 3 aromatic carbocycles. The van der Waals surface area contributed by atoms with Crippen LogP contribution in [0.25, 0.3) is 21.7 Å². The number of halogens is 1. The number of hydrogen-bond donors (Lipinski definition) is 0. The van der Waals surface area contributed by atoms with Crippen molar-refractivity contribution in [2.45, 2.75) is 6.04 Å². The van der Waals surface area contributed by atoms with Crippen LogP contribution in [-0.4, -0.2) is 42.9 Å². The van der Waals surface area contributed by atoms with E-state index in [4.69, 9.17) is 4.42 Å². The quantitative estimate of drug-likeness (QED) is 0.468. The number of benzene rings is 3. The molecule has 156 valence electrons. The minimum absolute atomic E-state index is 0.0712. The van der Waals surface area contributed by atoms with Crippen LogP contribution in [0.5, 0.6) is 0 Å². The molecule has 4 aromatic rings. The van der Waals surface area contributed by atoms with Crippen LogP contribution in [0.15, 0.2) is 69.9 Å². The normalized spacial score (nSPS) is 15.9. The first kappa shape index (κ1) is 19.5. The number of fused-ring (bicyclic) bond motifs is 4. The first-order valence-electron chi connectivity index (χ1n) is 10.2. The monoisotopic (exact) mass is 416 g/mol. The van der Waals surface area contributed by atoms with E-state index in [-0.39, 0.29) is 22.9 Å². The zero-order valence-corrected chi connectivity index (χ0v) is 17.3. The third kappa shape index (κ3) is 3.11. The number of carbonyl (C=O) groups is 1. The zero-order chi connectivity index (χ0) is 21.7. The molecule has 0 radical (unpaired) electrons. The predicted octanol–water partition coefficient (Wildman–Crippen LogP) is 4.19. The lowest BCUT2D eigenvalue weighted by molar-refractivity contribution is 0.0716. The molecule has 31 heavy (non-hydrogen) atoms. The number of carbonyl (C=O) groups excluding carboxylic acids is 1. The third-order valence-electron chi connectivity index (χ3n) is 5.83. The van der Waals surface area contributed by atoms with Crippen LogP contribution in [0, 0.1) is 5.82 Å². The topological polar surface area (TPSA) is 53.8 Å². The molecule has 1 unspecified atom stereocenters. The maximum absolute atomic E-state index is 13.6. The van der Waals surface area contributed by atoms with E-state index in [9.17, 15) is 14.0 Å². The lowest BCUT2D eigenvalue weighted by atomic mass is 9.97. The first-order valence-corrected chi connectivity index (χ1v) is 10.2. The fourth-order valence-electron chi connectivity index (χ4n) is 4.28. The van der Waals surface area contributed by atoms with Crippen molar-refractivity contribution in [1.82, 2.24) is 9.80 Å². The van der Waals surface area contributed by atoms with Gasteiger partial charge in [-0.15, -0.1) is 0 Å². The summed E-state index contributed by atoms with van der Waals surface area (Å²) >= 11 is 0. The summed E-state index contributed by atoms with van der Waals surface area (Å²) in [6.45, 7) is 1.03. The maximum atomic E-state index is 13.6. The van der Waals surface area contributed by atoms with Gasteiger partial charge in [-0.25, -0.2) is 4.39 Å². The summed E-state index contributed by atoms with van der Waals surface area (Å²) in [5.74, 6) is -0.620. The molecule has 5 rings (SSSR count). The molecule has 0 saturated carbocycles. The molecule has 1 atom stereocenters. The Bertz CT molecular complexity index is 1380. The van der Waals surface area contributed by atoms with Gasteiger partial charge in [-0.3, -0.25) is 9.59 Å². The molecule has 0 aliphatic carbocycles. The Morgan fingerprint density at radius 1 is 0.968 bits per heavy atom. The van der Waals surface area contributed by atoms with Crippen LogP contribution in [0.2, 0.25) is 0 Å². The summed E-state index contributed by atoms with van der Waals surface area (Å²) in [4.78, 5) is 30.6. The van der Waals surface area contributed by atoms with Crippen molar-refractivity contribution < 1.29 is 13.6 Å². The fourth-order valence-corrected chi connectivity index (χ4v) is 4.28. The van der Waals surface area contributed by atoms with Crippen molar-refractivity contribution in [2.75, 3.05) is 27.2 Å². The van der Waals surface area contributed by atoms with E-state index in [2.05, 4.69) is 0 Å². The second-order valence-corrected chi connectivity index (χ2v) is 8.09. The molecular formula is C25H21FN2O3. The largest absolute Gasteiger partial charge is 0.450 e. The van der Waals surface area contributed by atoms with Crippen LogP contribution < -0.4 is 5.43 Å². The van der Waals surface area contributed by atoms with Crippen molar-refractivity contribution in [3.8, 4) is 0 Å². The highest BCUT2D eigenvalue weighted by atomic mass is 19.1. The van der Waals surface area contributed by atoms with Gasteiger partial charge in [-0.2, -0.15) is 0 Å². The molecule has 5 nitrogen and oxygen atoms in total. The Hall–Kier alpha value is -3.51. The fraction of sp³-hybridized carbons (Fsp3) is 0.200. The second kappa shape index (κ2) is 7.32. The van der Waals surface area contributed by atoms with Gasteiger partial charge in [-0.1, -0.05) is 42.5 Å². The SMILES string of the molecule is CN(C)CCN1C(=O)c2oc3c(ccc4ccccc43)c(=O)c2C1c1ccc(F)cc1. The molecule has 0 fully saturated rings. The molecule has 6 heteroatoms. The highest BCUT2D eigenvalue weighted by Crippen LogP contribution is 2.39. The summed E-state index contributed by atoms with van der Waals surface area (Å²) in [6, 6.07) is 16.6. The summed E-state index contributed by atoms with van der Waals surface area (Å²) < 4.78 is 19.7. The van der Waals surface area contributed by atoms with Crippen LogP contribution in [-0.2, 0) is 0 Å². The maximum Gasteiger partial charge on any atom is 0.290 e. The van der Waals surface area contributed by atoms with Gasteiger partial charge in [0.1, 0.15) is 11.4 Å². The standard InChI is InChI=1S/C25H21FN2O3/c1-27(2)13-14-28-21(16-7-10-17(26)11-8-16)20-22(29)19-12-9-15-5-3-4-6-18(15)23(19)31-24(20)25(28)30/h3-12,21H,13-14H2,1-2H3. The molecule has 2 heterocycles. The van der Waals surface area contributed by atoms with E-state index in [1.165, 1.54) is 12.1 Å². The van der Waals surface area contributed by atoms with E-state index in [1.54, 1.807) is 23.1 Å². The van der Waals surface area contributed by atoms with Crippen molar-refractivity contribution in [3.05, 3.63) is 93.6 Å². The van der Waals surface area contributed by atoms with E-state index in [0.29, 0.717) is 35.2 Å². The lowest BCUT2D eigenvalue weighted by Gasteiger charge is -2.26. The highest BCUT2D eigenvalue weighted by Gasteiger charge is 2.42. The molecule has 0 spiro atoms. The number of hydrogen-bond acceptors (Lipinski definition) is 4. The van der Waals surface area contributed by atoms with E-state index in [1.807, 2.05) is 49.3 Å². The Kier molecular flexibility index (Phi) is 4.59. The number of rotatable bonds is 4. The van der Waals surface area contributed by atoms with Gasteiger partial charge in [0.05, 0.1) is 17.0 Å². The molecule has 1 aromatic heterocycles. The van der Waals surface area contributed by atoms with Crippen molar-refractivity contribution >= 4 is 27.6 Å². The van der Waals surface area contributed by atoms with Crippen molar-refractivity contribution in [2.24, 2.45) is 0 Å². The number of nitrogens with zero attached hydrogens (tertiary/aromatic N) is 2. The van der Waals surface area contributed by atoms with Gasteiger partial charge >= 0.3 is 0 Å². The minimum Gasteiger partial charge on any atom is -0.450 e. The third-order valence-corrected chi connectivity index (χ3v) is 5.83. The summed E-state index contributed by atoms with van der Waals surface area (Å²) in [6.07, 6.45) is 0. The molecule has 0 saturated heterocycles. The van der Waals surface area contributed by atoms with Crippen LogP contribution in [0.1, 0.15) is 27.7 Å². The predicted molar refractivity (Wildman–Crippen MR) is 118 cm³/mol. The lowest BCUT2D eigenvalue weighted by Crippen LogP contribution is -2.35. The molecule has 1 aliphatic heterocycles. The Morgan fingerprint density at radius 2 is 1.71 bits per heavy atom. The Morgan fingerprint density at radius 3 is 2.45 bits per heavy atom. The molecular weight excluding hydrogens is 395 g/mol. The smallest absolute Gasteiger partial charge is 0.290 e. The average Bonchev–Trinajstić information content (AvgIpc) is 3.05.